The monoisotopic (exact) mass is 983 g/mol. The van der Waals surface area contributed by atoms with E-state index < -0.39 is 6.10 Å². The van der Waals surface area contributed by atoms with E-state index in [9.17, 15) is 14.4 Å². The number of esters is 3. The second-order valence-corrected chi connectivity index (χ2v) is 18.8. The molecule has 1 atom stereocenters. The number of ether oxygens (including phenoxy) is 3. The van der Waals surface area contributed by atoms with Gasteiger partial charge in [-0.25, -0.2) is 0 Å². The van der Waals surface area contributed by atoms with Crippen molar-refractivity contribution in [3.8, 4) is 0 Å². The molecule has 6 heteroatoms. The lowest BCUT2D eigenvalue weighted by Gasteiger charge is -2.18. The molecule has 0 saturated carbocycles. The van der Waals surface area contributed by atoms with Gasteiger partial charge in [-0.1, -0.05) is 245 Å². The number of unbranched alkanes of at least 4 members (excludes halogenated alkanes) is 20. The highest BCUT2D eigenvalue weighted by Gasteiger charge is 2.19. The highest BCUT2D eigenvalue weighted by Crippen LogP contribution is 2.14. The van der Waals surface area contributed by atoms with E-state index in [0.29, 0.717) is 19.3 Å². The molecule has 0 radical (unpaired) electrons. The van der Waals surface area contributed by atoms with Crippen LogP contribution < -0.4 is 0 Å². The average Bonchev–Trinajstić information content (AvgIpc) is 3.37. The summed E-state index contributed by atoms with van der Waals surface area (Å²) in [5.74, 6) is -0.983. The highest BCUT2D eigenvalue weighted by atomic mass is 16.6. The van der Waals surface area contributed by atoms with Gasteiger partial charge in [0.05, 0.1) is 0 Å². The molecule has 1 unspecified atom stereocenters. The summed E-state index contributed by atoms with van der Waals surface area (Å²) in [4.78, 5) is 38.0. The molecule has 0 aromatic rings. The average molecular weight is 984 g/mol. The summed E-state index contributed by atoms with van der Waals surface area (Å²) in [6.45, 7) is 6.43. The van der Waals surface area contributed by atoms with Crippen molar-refractivity contribution in [1.82, 2.24) is 0 Å². The molecular weight excluding hydrogens is 877 g/mol. The van der Waals surface area contributed by atoms with E-state index in [4.69, 9.17) is 14.2 Å². The Morgan fingerprint density at radius 2 is 0.563 bits per heavy atom. The van der Waals surface area contributed by atoms with Crippen molar-refractivity contribution in [2.45, 2.75) is 258 Å². The topological polar surface area (TPSA) is 78.9 Å². The molecule has 0 fully saturated rings. The van der Waals surface area contributed by atoms with Crippen LogP contribution in [0.25, 0.3) is 0 Å². The van der Waals surface area contributed by atoms with Gasteiger partial charge in [0.2, 0.25) is 0 Å². The maximum Gasteiger partial charge on any atom is 0.306 e. The maximum absolute atomic E-state index is 12.8. The van der Waals surface area contributed by atoms with Gasteiger partial charge in [-0.2, -0.15) is 0 Å². The van der Waals surface area contributed by atoms with E-state index in [2.05, 4.69) is 142 Å². The van der Waals surface area contributed by atoms with Crippen molar-refractivity contribution in [3.63, 3.8) is 0 Å². The fourth-order valence-corrected chi connectivity index (χ4v) is 7.61. The zero-order valence-electron chi connectivity index (χ0n) is 45.9. The zero-order valence-corrected chi connectivity index (χ0v) is 45.9. The van der Waals surface area contributed by atoms with Crippen LogP contribution in [0.1, 0.15) is 252 Å². The van der Waals surface area contributed by atoms with Gasteiger partial charge in [0.25, 0.3) is 0 Å². The number of carbonyl (C=O) groups is 3. The maximum atomic E-state index is 12.8. The number of allylic oxidation sites excluding steroid dienone is 20. The lowest BCUT2D eigenvalue weighted by molar-refractivity contribution is -0.167. The Morgan fingerprint density at radius 3 is 0.915 bits per heavy atom. The summed E-state index contributed by atoms with van der Waals surface area (Å²) in [7, 11) is 0. The van der Waals surface area contributed by atoms with Crippen LogP contribution in [0.4, 0.5) is 0 Å². The van der Waals surface area contributed by atoms with Crippen LogP contribution in [0.2, 0.25) is 0 Å². The molecule has 402 valence electrons. The molecule has 0 amide bonds. The fraction of sp³-hybridized carbons (Fsp3) is 0.646. The van der Waals surface area contributed by atoms with E-state index in [0.717, 1.165) is 116 Å². The lowest BCUT2D eigenvalue weighted by atomic mass is 10.1. The summed E-state index contributed by atoms with van der Waals surface area (Å²) in [5.41, 5.74) is 0. The van der Waals surface area contributed by atoms with Crippen LogP contribution in [-0.2, 0) is 28.6 Å². The Morgan fingerprint density at radius 1 is 0.296 bits per heavy atom. The second kappa shape index (κ2) is 58.4. The van der Waals surface area contributed by atoms with E-state index in [1.54, 1.807) is 0 Å². The molecule has 0 rings (SSSR count). The van der Waals surface area contributed by atoms with Crippen molar-refractivity contribution >= 4 is 17.9 Å². The van der Waals surface area contributed by atoms with Gasteiger partial charge >= 0.3 is 17.9 Å². The van der Waals surface area contributed by atoms with Crippen molar-refractivity contribution in [2.75, 3.05) is 13.2 Å². The van der Waals surface area contributed by atoms with Gasteiger partial charge in [0, 0.05) is 19.3 Å². The molecule has 0 bridgehead atoms. The molecule has 0 N–H and O–H groups in total. The SMILES string of the molecule is CC/C=C\C/C=C\C/C=C\C/C=C\C/C=C\C/C=C\C/C=C\CCCC(=O)OCC(COC(=O)CCCCCCCCCCC)OC(=O)CCCCCCCC/C=C\C/C=C\C/C=C\CCCCCCC. The van der Waals surface area contributed by atoms with Crippen molar-refractivity contribution in [1.29, 1.82) is 0 Å². The molecular formula is C65H106O6. The molecule has 0 aliphatic rings. The van der Waals surface area contributed by atoms with Gasteiger partial charge in [-0.05, 0) is 109 Å². The Balaban J connectivity index is 4.43. The smallest absolute Gasteiger partial charge is 0.306 e. The molecule has 0 spiro atoms. The predicted octanol–water partition coefficient (Wildman–Crippen LogP) is 19.6. The minimum Gasteiger partial charge on any atom is -0.462 e. The van der Waals surface area contributed by atoms with Crippen LogP contribution >= 0.6 is 0 Å². The van der Waals surface area contributed by atoms with Crippen LogP contribution in [0.15, 0.2) is 122 Å². The second-order valence-electron chi connectivity index (χ2n) is 18.8. The number of carbonyl (C=O) groups excluding carboxylic acids is 3. The molecule has 0 aliphatic heterocycles. The Kier molecular flexibility index (Phi) is 54.9. The quantitative estimate of drug-likeness (QED) is 0.0261. The first-order valence-corrected chi connectivity index (χ1v) is 29.0. The van der Waals surface area contributed by atoms with E-state index in [1.165, 1.54) is 89.9 Å². The van der Waals surface area contributed by atoms with Crippen LogP contribution in [0.5, 0.6) is 0 Å². The molecule has 0 aliphatic carbocycles. The predicted molar refractivity (Wildman–Crippen MR) is 306 cm³/mol. The summed E-state index contributed by atoms with van der Waals surface area (Å²) in [6.07, 6.45) is 80.6. The summed E-state index contributed by atoms with van der Waals surface area (Å²) >= 11 is 0. The van der Waals surface area contributed by atoms with E-state index >= 15 is 0 Å². The van der Waals surface area contributed by atoms with Crippen LogP contribution in [0, 0.1) is 0 Å². The first kappa shape index (κ1) is 66.8. The molecule has 0 aromatic heterocycles. The molecule has 0 aromatic carbocycles. The van der Waals surface area contributed by atoms with Gasteiger partial charge in [-0.3, -0.25) is 14.4 Å². The Labute approximate surface area is 437 Å². The fourth-order valence-electron chi connectivity index (χ4n) is 7.61. The Bertz CT molecular complexity index is 1500. The summed E-state index contributed by atoms with van der Waals surface area (Å²) in [5, 5.41) is 0. The standard InChI is InChI=1S/C65H106O6/c1-4-7-10-13-16-19-21-23-25-27-29-31-32-34-35-37-39-41-43-46-49-52-55-58-64(67)70-61-62(60-69-63(66)57-54-51-48-45-18-15-12-9-6-3)71-65(68)59-56-53-50-47-44-42-40-38-36-33-30-28-26-24-22-20-17-14-11-8-5-2/h7,10,16,19,22-25,28-31,34-36,38-39,41,46,49,62H,4-6,8-9,11-15,17-18,20-21,26-27,32-33,37,40,42-45,47-48,50-61H2,1-3H3/b10-7-,19-16-,24-22-,25-23-,30-28-,31-29-,35-34-,38-36-,41-39-,49-46-. The number of rotatable bonds is 51. The van der Waals surface area contributed by atoms with Crippen LogP contribution in [-0.4, -0.2) is 37.2 Å². The molecule has 6 nitrogen and oxygen atoms in total. The third-order valence-corrected chi connectivity index (χ3v) is 12.0. The van der Waals surface area contributed by atoms with Crippen molar-refractivity contribution in [2.24, 2.45) is 0 Å². The molecule has 71 heavy (non-hydrogen) atoms. The third kappa shape index (κ3) is 56.6. The van der Waals surface area contributed by atoms with Gasteiger partial charge in [-0.15, -0.1) is 0 Å². The van der Waals surface area contributed by atoms with Gasteiger partial charge in [0.15, 0.2) is 6.10 Å². The first-order valence-electron chi connectivity index (χ1n) is 29.0. The summed E-state index contributed by atoms with van der Waals surface area (Å²) < 4.78 is 16.8. The summed E-state index contributed by atoms with van der Waals surface area (Å²) in [6, 6.07) is 0. The number of hydrogen-bond donors (Lipinski definition) is 0. The van der Waals surface area contributed by atoms with Crippen LogP contribution in [0.3, 0.4) is 0 Å². The third-order valence-electron chi connectivity index (χ3n) is 12.0. The normalized spacial score (nSPS) is 13.0. The minimum atomic E-state index is -0.810. The first-order chi connectivity index (χ1) is 35.0. The largest absolute Gasteiger partial charge is 0.462 e. The highest BCUT2D eigenvalue weighted by molar-refractivity contribution is 5.71. The zero-order chi connectivity index (χ0) is 51.4. The van der Waals surface area contributed by atoms with Gasteiger partial charge < -0.3 is 14.2 Å². The lowest BCUT2D eigenvalue weighted by Crippen LogP contribution is -2.30. The van der Waals surface area contributed by atoms with E-state index in [1.807, 2.05) is 0 Å². The number of hydrogen-bond acceptors (Lipinski definition) is 6. The minimum absolute atomic E-state index is 0.103. The van der Waals surface area contributed by atoms with Crippen molar-refractivity contribution in [3.05, 3.63) is 122 Å². The Hall–Kier alpha value is -4.19. The molecule has 0 heterocycles. The van der Waals surface area contributed by atoms with Gasteiger partial charge in [0.1, 0.15) is 13.2 Å². The van der Waals surface area contributed by atoms with Crippen molar-refractivity contribution < 1.29 is 28.6 Å². The van der Waals surface area contributed by atoms with E-state index in [-0.39, 0.29) is 37.5 Å². The molecule has 0 saturated heterocycles.